The molecular weight excluding hydrogens is 570 g/mol. The summed E-state index contributed by atoms with van der Waals surface area (Å²) in [5.41, 5.74) is 0.0201. The average Bonchev–Trinajstić information content (AvgIpc) is 2.94. The summed E-state index contributed by atoms with van der Waals surface area (Å²) < 4.78 is 31.3. The van der Waals surface area contributed by atoms with E-state index in [2.05, 4.69) is 20.6 Å². The number of rotatable bonds is 10. The zero-order valence-electron chi connectivity index (χ0n) is 24.5. The number of benzene rings is 1. The third kappa shape index (κ3) is 6.73. The average molecular weight is 607 g/mol. The number of carbonyl (C=O) groups is 1. The molecule has 2 aromatic heterocycles. The molecule has 0 aliphatic carbocycles. The van der Waals surface area contributed by atoms with Crippen LogP contribution in [-0.4, -0.2) is 76.1 Å². The molecule has 4 rings (SSSR count). The molecule has 2 atom stereocenters. The van der Waals surface area contributed by atoms with E-state index in [4.69, 9.17) is 11.6 Å². The van der Waals surface area contributed by atoms with E-state index in [1.54, 1.807) is 23.1 Å². The second kappa shape index (κ2) is 12.7. The van der Waals surface area contributed by atoms with Gasteiger partial charge in [0.25, 0.3) is 5.92 Å². The molecule has 1 saturated heterocycles. The van der Waals surface area contributed by atoms with Crippen LogP contribution < -0.4 is 26.7 Å². The number of nitrogens with zero attached hydrogens (tertiary/aromatic N) is 6. The van der Waals surface area contributed by atoms with E-state index >= 15 is 0 Å². The fourth-order valence-corrected chi connectivity index (χ4v) is 5.23. The normalized spacial score (nSPS) is 18.5. The molecule has 1 amide bonds. The molecule has 11 nitrogen and oxygen atoms in total. The minimum Gasteiger partial charge on any atom is -0.356 e. The number of amides is 1. The lowest BCUT2D eigenvalue weighted by Crippen LogP contribution is -2.52. The highest BCUT2D eigenvalue weighted by atomic mass is 35.5. The van der Waals surface area contributed by atoms with Gasteiger partial charge in [0.15, 0.2) is 5.82 Å². The van der Waals surface area contributed by atoms with Gasteiger partial charge >= 0.3 is 11.1 Å². The third-order valence-corrected chi connectivity index (χ3v) is 7.88. The first-order valence-electron chi connectivity index (χ1n) is 13.9. The number of aromatic nitrogens is 4. The number of hydrogen-bond acceptors (Lipinski definition) is 8. The van der Waals surface area contributed by atoms with Crippen LogP contribution >= 0.6 is 11.6 Å². The second-order valence-corrected chi connectivity index (χ2v) is 11.6. The summed E-state index contributed by atoms with van der Waals surface area (Å²) in [6, 6.07) is 5.06. The molecule has 3 heterocycles. The molecule has 14 heteroatoms. The van der Waals surface area contributed by atoms with Gasteiger partial charge in [0.2, 0.25) is 11.9 Å². The van der Waals surface area contributed by atoms with Crippen LogP contribution in [0.5, 0.6) is 0 Å². The predicted octanol–water partition coefficient (Wildman–Crippen LogP) is 3.07. The van der Waals surface area contributed by atoms with Gasteiger partial charge in [-0.25, -0.2) is 13.8 Å². The zero-order chi connectivity index (χ0) is 30.8. The van der Waals surface area contributed by atoms with Gasteiger partial charge in [0.1, 0.15) is 5.02 Å². The lowest BCUT2D eigenvalue weighted by molar-refractivity contribution is -0.121. The molecule has 0 spiro atoms. The van der Waals surface area contributed by atoms with Crippen molar-refractivity contribution >= 4 is 46.0 Å². The Hall–Kier alpha value is -3.58. The van der Waals surface area contributed by atoms with E-state index < -0.39 is 28.9 Å². The van der Waals surface area contributed by atoms with Crippen molar-refractivity contribution < 1.29 is 13.6 Å². The van der Waals surface area contributed by atoms with E-state index in [1.165, 1.54) is 36.2 Å². The van der Waals surface area contributed by atoms with Crippen molar-refractivity contribution in [2.75, 3.05) is 50.5 Å². The minimum absolute atomic E-state index is 0.0166. The summed E-state index contributed by atoms with van der Waals surface area (Å²) in [6.07, 6.45) is 2.22. The molecular formula is C28H37ClF2N8O3. The summed E-state index contributed by atoms with van der Waals surface area (Å²) in [6.45, 7) is 4.57. The summed E-state index contributed by atoms with van der Waals surface area (Å²) in [5.74, 6) is -4.22. The number of nitrogens with one attached hydrogen (secondary N) is 2. The lowest BCUT2D eigenvalue weighted by atomic mass is 9.87. The van der Waals surface area contributed by atoms with Gasteiger partial charge in [0.05, 0.1) is 17.2 Å². The fourth-order valence-electron chi connectivity index (χ4n) is 5.09. The van der Waals surface area contributed by atoms with Gasteiger partial charge in [-0.05, 0) is 45.3 Å². The predicted molar refractivity (Wildman–Crippen MR) is 160 cm³/mol. The highest BCUT2D eigenvalue weighted by Gasteiger charge is 2.47. The van der Waals surface area contributed by atoms with Crippen LogP contribution in [0.25, 0.3) is 11.0 Å². The van der Waals surface area contributed by atoms with Crippen molar-refractivity contribution in [1.82, 2.24) is 29.3 Å². The second-order valence-electron chi connectivity index (χ2n) is 11.2. The van der Waals surface area contributed by atoms with E-state index in [0.29, 0.717) is 23.3 Å². The first-order valence-corrected chi connectivity index (χ1v) is 14.2. The van der Waals surface area contributed by atoms with Gasteiger partial charge in [0, 0.05) is 57.2 Å². The molecule has 42 heavy (non-hydrogen) atoms. The molecule has 2 N–H and O–H groups in total. The summed E-state index contributed by atoms with van der Waals surface area (Å²) in [4.78, 5) is 50.6. The van der Waals surface area contributed by atoms with Crippen LogP contribution in [0.2, 0.25) is 5.02 Å². The van der Waals surface area contributed by atoms with Crippen molar-refractivity contribution in [2.45, 2.75) is 39.2 Å². The van der Waals surface area contributed by atoms with Crippen molar-refractivity contribution in [3.63, 3.8) is 0 Å². The Labute approximate surface area is 247 Å². The molecule has 0 bridgehead atoms. The Kier molecular flexibility index (Phi) is 9.51. The fraction of sp³-hybridized carbons (Fsp3) is 0.536. The largest absolute Gasteiger partial charge is 0.356 e. The Morgan fingerprint density at radius 1 is 1.14 bits per heavy atom. The number of fused-ring (bicyclic) bond motifs is 1. The highest BCUT2D eigenvalue weighted by Crippen LogP contribution is 2.39. The maximum absolute atomic E-state index is 14.4. The van der Waals surface area contributed by atoms with Crippen LogP contribution in [0.1, 0.15) is 26.7 Å². The quantitative estimate of drug-likeness (QED) is 0.267. The van der Waals surface area contributed by atoms with Crippen LogP contribution in [0.3, 0.4) is 0 Å². The summed E-state index contributed by atoms with van der Waals surface area (Å²) >= 11 is 6.39. The highest BCUT2D eigenvalue weighted by molar-refractivity contribution is 6.32. The maximum Gasteiger partial charge on any atom is 0.316 e. The number of halogens is 3. The van der Waals surface area contributed by atoms with Crippen molar-refractivity contribution in [2.24, 2.45) is 18.9 Å². The Bertz CT molecular complexity index is 1560. The molecule has 228 valence electrons. The Balaban J connectivity index is 1.58. The van der Waals surface area contributed by atoms with Crippen LogP contribution in [0.15, 0.2) is 34.0 Å². The van der Waals surface area contributed by atoms with E-state index in [-0.39, 0.29) is 48.8 Å². The monoisotopic (exact) mass is 606 g/mol. The number of anilines is 3. The van der Waals surface area contributed by atoms with E-state index in [0.717, 1.165) is 13.0 Å². The van der Waals surface area contributed by atoms with Gasteiger partial charge < -0.3 is 29.6 Å². The number of aryl methyl sites for hydroxylation is 2. The van der Waals surface area contributed by atoms with Gasteiger partial charge in [-0.1, -0.05) is 25.4 Å². The number of hydrogen-bond donors (Lipinski definition) is 2. The standard InChI is InChI=1S/C28H37ClF2N8O3/c1-17-15-38(16-18(2)28(17,30)31)27-33-14-20(29)24(35-27)34-19-7-8-21-22(13-19)39(26(42)25(41)37(21)5)12-9-23(40)32-10-6-11-36(3)4/h7-8,13-14,17-18H,6,9-12,15-16H2,1-5H3,(H,32,40)(H,33,34,35)/t17-,18+. The molecule has 0 saturated carbocycles. The van der Waals surface area contributed by atoms with Gasteiger partial charge in [-0.15, -0.1) is 0 Å². The van der Waals surface area contributed by atoms with Crippen LogP contribution in [0, 0.1) is 11.8 Å². The SMILES string of the molecule is C[C@@H]1CN(c2ncc(Cl)c(Nc3ccc4c(c3)n(CCC(=O)NCCCN(C)C)c(=O)c(=O)n4C)n2)C[C@H](C)C1(F)F. The Morgan fingerprint density at radius 2 is 1.83 bits per heavy atom. The van der Waals surface area contributed by atoms with Crippen molar-refractivity contribution in [3.8, 4) is 0 Å². The molecule has 0 unspecified atom stereocenters. The maximum atomic E-state index is 14.4. The van der Waals surface area contributed by atoms with Crippen molar-refractivity contribution in [3.05, 3.63) is 50.1 Å². The first kappa shape index (κ1) is 31.4. The number of alkyl halides is 2. The number of piperidine rings is 1. The summed E-state index contributed by atoms with van der Waals surface area (Å²) in [7, 11) is 5.42. The molecule has 0 radical (unpaired) electrons. The van der Waals surface area contributed by atoms with Crippen LogP contribution in [0.4, 0.5) is 26.2 Å². The molecule has 1 aromatic carbocycles. The molecule has 3 aromatic rings. The van der Waals surface area contributed by atoms with Crippen molar-refractivity contribution in [1.29, 1.82) is 0 Å². The molecule has 1 aliphatic heterocycles. The molecule has 1 aliphatic rings. The van der Waals surface area contributed by atoms with Gasteiger partial charge in [-0.2, -0.15) is 4.98 Å². The molecule has 1 fully saturated rings. The smallest absolute Gasteiger partial charge is 0.316 e. The van der Waals surface area contributed by atoms with Crippen LogP contribution in [-0.2, 0) is 18.4 Å². The summed E-state index contributed by atoms with van der Waals surface area (Å²) in [5, 5.41) is 6.18. The third-order valence-electron chi connectivity index (χ3n) is 7.61. The zero-order valence-corrected chi connectivity index (χ0v) is 25.2. The Morgan fingerprint density at radius 3 is 2.50 bits per heavy atom. The first-order chi connectivity index (χ1) is 19.8. The van der Waals surface area contributed by atoms with E-state index in [9.17, 15) is 23.2 Å². The lowest BCUT2D eigenvalue weighted by Gasteiger charge is -2.41. The topological polar surface area (TPSA) is 117 Å². The van der Waals surface area contributed by atoms with Gasteiger partial charge in [-0.3, -0.25) is 14.4 Å². The number of carbonyl (C=O) groups excluding carboxylic acids is 1. The van der Waals surface area contributed by atoms with E-state index in [1.807, 2.05) is 19.0 Å². The minimum atomic E-state index is -2.78.